The Hall–Kier alpha value is -2.79. The van der Waals surface area contributed by atoms with Gasteiger partial charge in [0.25, 0.3) is 5.56 Å². The van der Waals surface area contributed by atoms with Gasteiger partial charge in [-0.25, -0.2) is 0 Å². The van der Waals surface area contributed by atoms with Gasteiger partial charge in [0.2, 0.25) is 0 Å². The van der Waals surface area contributed by atoms with Gasteiger partial charge in [-0.2, -0.15) is 0 Å². The molecule has 4 aromatic rings. The van der Waals surface area contributed by atoms with Crippen LogP contribution in [0.15, 0.2) is 41.3 Å². The van der Waals surface area contributed by atoms with E-state index in [9.17, 15) is 4.79 Å². The van der Waals surface area contributed by atoms with Crippen LogP contribution in [0, 0.1) is 6.92 Å². The normalized spacial score (nSPS) is 15.5. The van der Waals surface area contributed by atoms with Crippen molar-refractivity contribution in [2.45, 2.75) is 32.6 Å². The zero-order chi connectivity index (χ0) is 19.8. The minimum absolute atomic E-state index is 0.0533. The van der Waals surface area contributed by atoms with Crippen LogP contribution in [0.1, 0.15) is 31.2 Å². The van der Waals surface area contributed by atoms with Crippen LogP contribution in [0.4, 0.5) is 0 Å². The van der Waals surface area contributed by atoms with Crippen LogP contribution < -0.4 is 10.3 Å². The maximum absolute atomic E-state index is 12.5. The number of H-pyrrole nitrogens is 2. The molecule has 0 saturated carbocycles. The fourth-order valence-corrected chi connectivity index (χ4v) is 4.60. The number of aromatic amines is 2. The maximum Gasteiger partial charge on any atom is 0.258 e. The third-order valence-electron chi connectivity index (χ3n) is 6.13. The maximum atomic E-state index is 12.5. The number of hydrogen-bond acceptors (Lipinski definition) is 3. The first kappa shape index (κ1) is 18.3. The molecule has 5 heteroatoms. The second kappa shape index (κ2) is 7.56. The molecule has 0 radical (unpaired) electrons. The number of benzene rings is 2. The molecule has 1 aliphatic rings. The van der Waals surface area contributed by atoms with Gasteiger partial charge in [0, 0.05) is 23.6 Å². The van der Waals surface area contributed by atoms with E-state index in [1.54, 1.807) is 6.20 Å². The molecule has 3 heterocycles. The first-order valence-corrected chi connectivity index (χ1v) is 10.6. The average molecular weight is 389 g/mol. The van der Waals surface area contributed by atoms with E-state index in [2.05, 4.69) is 39.1 Å². The van der Waals surface area contributed by atoms with Crippen molar-refractivity contribution in [1.82, 2.24) is 14.9 Å². The number of nitrogens with one attached hydrogen (secondary N) is 2. The smallest absolute Gasteiger partial charge is 0.258 e. The molecule has 1 aliphatic heterocycles. The number of aryl methyl sites for hydroxylation is 1. The van der Waals surface area contributed by atoms with Crippen LogP contribution in [-0.4, -0.2) is 41.1 Å². The number of fused-ring (bicyclic) bond motifs is 5. The predicted octanol–water partition coefficient (Wildman–Crippen LogP) is 4.73. The van der Waals surface area contributed by atoms with Crippen LogP contribution >= 0.6 is 0 Å². The molecule has 0 unspecified atom stereocenters. The molecule has 29 heavy (non-hydrogen) atoms. The molecular weight excluding hydrogens is 362 g/mol. The number of nitrogens with zero attached hydrogens (tertiary/aromatic N) is 1. The molecule has 1 fully saturated rings. The zero-order valence-corrected chi connectivity index (χ0v) is 16.9. The van der Waals surface area contributed by atoms with E-state index < -0.39 is 0 Å². The lowest BCUT2D eigenvalue weighted by molar-refractivity contribution is 0.205. The third-order valence-corrected chi connectivity index (χ3v) is 6.13. The van der Waals surface area contributed by atoms with E-state index in [1.807, 2.05) is 13.0 Å². The summed E-state index contributed by atoms with van der Waals surface area (Å²) in [4.78, 5) is 21.3. The lowest BCUT2D eigenvalue weighted by Crippen LogP contribution is -2.31. The van der Waals surface area contributed by atoms with Gasteiger partial charge < -0.3 is 19.6 Å². The lowest BCUT2D eigenvalue weighted by atomic mass is 10.0. The van der Waals surface area contributed by atoms with Gasteiger partial charge in [-0.15, -0.1) is 0 Å². The standard InChI is InChI=1S/C24H27N3O2/c1-16-15-25-24(28)22-21-19-8-7-18(14-17(19)6-9-20(21)26-23(16)22)29-13-5-12-27-10-3-2-4-11-27/h6-9,14-15,26H,2-5,10-13H2,1H3,(H,25,28). The first-order valence-electron chi connectivity index (χ1n) is 10.6. The molecule has 0 amide bonds. The number of ether oxygens (including phenoxy) is 1. The fraction of sp³-hybridized carbons (Fsp3) is 0.375. The lowest BCUT2D eigenvalue weighted by Gasteiger charge is -2.26. The topological polar surface area (TPSA) is 61.1 Å². The molecule has 1 saturated heterocycles. The number of aromatic nitrogens is 2. The van der Waals surface area contributed by atoms with Crippen molar-refractivity contribution in [3.05, 3.63) is 52.4 Å². The summed E-state index contributed by atoms with van der Waals surface area (Å²) in [5.74, 6) is 0.889. The highest BCUT2D eigenvalue weighted by molar-refractivity contribution is 6.20. The minimum atomic E-state index is -0.0533. The number of hydrogen-bond donors (Lipinski definition) is 2. The van der Waals surface area contributed by atoms with E-state index >= 15 is 0 Å². The number of piperidine rings is 1. The Morgan fingerprint density at radius 2 is 1.93 bits per heavy atom. The van der Waals surface area contributed by atoms with E-state index in [4.69, 9.17) is 4.74 Å². The van der Waals surface area contributed by atoms with Crippen LogP contribution in [-0.2, 0) is 0 Å². The van der Waals surface area contributed by atoms with Crippen LogP contribution in [0.3, 0.4) is 0 Å². The van der Waals surface area contributed by atoms with Crippen molar-refractivity contribution in [2.24, 2.45) is 0 Å². The Balaban J connectivity index is 1.40. The van der Waals surface area contributed by atoms with E-state index in [-0.39, 0.29) is 5.56 Å². The van der Waals surface area contributed by atoms with E-state index in [1.165, 1.54) is 32.4 Å². The Kier molecular flexibility index (Phi) is 4.76. The van der Waals surface area contributed by atoms with Gasteiger partial charge in [-0.1, -0.05) is 12.5 Å². The van der Waals surface area contributed by atoms with Gasteiger partial charge in [-0.3, -0.25) is 4.79 Å². The number of pyridine rings is 1. The van der Waals surface area contributed by atoms with E-state index in [0.717, 1.165) is 63.5 Å². The van der Waals surface area contributed by atoms with Crippen molar-refractivity contribution >= 4 is 32.6 Å². The van der Waals surface area contributed by atoms with Gasteiger partial charge >= 0.3 is 0 Å². The molecule has 5 nitrogen and oxygen atoms in total. The Morgan fingerprint density at radius 1 is 1.07 bits per heavy atom. The summed E-state index contributed by atoms with van der Waals surface area (Å²) in [7, 11) is 0. The largest absolute Gasteiger partial charge is 0.494 e. The van der Waals surface area contributed by atoms with Crippen molar-refractivity contribution in [2.75, 3.05) is 26.2 Å². The summed E-state index contributed by atoms with van der Waals surface area (Å²) in [6.07, 6.45) is 6.85. The highest BCUT2D eigenvalue weighted by Gasteiger charge is 2.13. The summed E-state index contributed by atoms with van der Waals surface area (Å²) >= 11 is 0. The molecule has 0 atom stereocenters. The van der Waals surface area contributed by atoms with Crippen molar-refractivity contribution in [3.63, 3.8) is 0 Å². The number of rotatable bonds is 5. The molecule has 2 aromatic heterocycles. The highest BCUT2D eigenvalue weighted by Crippen LogP contribution is 2.33. The summed E-state index contributed by atoms with van der Waals surface area (Å²) < 4.78 is 6.03. The summed E-state index contributed by atoms with van der Waals surface area (Å²) in [6, 6.07) is 10.3. The monoisotopic (exact) mass is 389 g/mol. The van der Waals surface area contributed by atoms with Gasteiger partial charge in [-0.05, 0) is 79.9 Å². The van der Waals surface area contributed by atoms with Gasteiger partial charge in [0.15, 0.2) is 0 Å². The second-order valence-corrected chi connectivity index (χ2v) is 8.15. The van der Waals surface area contributed by atoms with Gasteiger partial charge in [0.1, 0.15) is 5.75 Å². The number of likely N-dealkylation sites (tertiary alicyclic amines) is 1. The Morgan fingerprint density at radius 3 is 2.79 bits per heavy atom. The van der Waals surface area contributed by atoms with Crippen molar-refractivity contribution in [1.29, 1.82) is 0 Å². The fourth-order valence-electron chi connectivity index (χ4n) is 4.60. The van der Waals surface area contributed by atoms with Crippen LogP contribution in [0.2, 0.25) is 0 Å². The third kappa shape index (κ3) is 3.40. The minimum Gasteiger partial charge on any atom is -0.494 e. The molecule has 2 aromatic carbocycles. The second-order valence-electron chi connectivity index (χ2n) is 8.15. The summed E-state index contributed by atoms with van der Waals surface area (Å²) in [5.41, 5.74) is 2.89. The Labute approximate surface area is 169 Å². The highest BCUT2D eigenvalue weighted by atomic mass is 16.5. The molecular formula is C24H27N3O2. The Bertz CT molecular complexity index is 1230. The van der Waals surface area contributed by atoms with Crippen molar-refractivity contribution in [3.8, 4) is 5.75 Å². The van der Waals surface area contributed by atoms with Crippen LogP contribution in [0.5, 0.6) is 5.75 Å². The first-order chi connectivity index (χ1) is 14.2. The van der Waals surface area contributed by atoms with E-state index in [0.29, 0.717) is 0 Å². The molecule has 0 aliphatic carbocycles. The molecule has 0 spiro atoms. The van der Waals surface area contributed by atoms with Crippen LogP contribution in [0.25, 0.3) is 32.6 Å². The zero-order valence-electron chi connectivity index (χ0n) is 16.9. The summed E-state index contributed by atoms with van der Waals surface area (Å²) in [5, 5.41) is 3.89. The average Bonchev–Trinajstić information content (AvgIpc) is 3.16. The molecule has 2 N–H and O–H groups in total. The van der Waals surface area contributed by atoms with Crippen molar-refractivity contribution < 1.29 is 4.74 Å². The predicted molar refractivity (Wildman–Crippen MR) is 119 cm³/mol. The SMILES string of the molecule is Cc1c[nH]c(=O)c2c1[nH]c1ccc3cc(OCCCN4CCCCC4)ccc3c12. The molecule has 150 valence electrons. The quantitative estimate of drug-likeness (QED) is 0.485. The molecule has 0 bridgehead atoms. The van der Waals surface area contributed by atoms with Gasteiger partial charge in [0.05, 0.1) is 17.5 Å². The summed E-state index contributed by atoms with van der Waals surface area (Å²) in [6.45, 7) is 6.32. The molecule has 5 rings (SSSR count).